The molecule has 5 heteroatoms. The molecule has 2 unspecified atom stereocenters. The molecular formula is C16H22N4O. The van der Waals surface area contributed by atoms with Gasteiger partial charge in [0.15, 0.2) is 0 Å². The van der Waals surface area contributed by atoms with E-state index in [1.807, 2.05) is 36.1 Å². The molecule has 2 aromatic rings. The molecular weight excluding hydrogens is 264 g/mol. The molecule has 21 heavy (non-hydrogen) atoms. The number of primary amides is 1. The molecule has 0 fully saturated rings. The smallest absolute Gasteiger partial charge is 0.248 e. The Morgan fingerprint density at radius 2 is 2.00 bits per heavy atom. The largest absolute Gasteiger partial charge is 0.366 e. The van der Waals surface area contributed by atoms with E-state index in [1.165, 1.54) is 0 Å². The van der Waals surface area contributed by atoms with Gasteiger partial charge in [-0.05, 0) is 44.0 Å². The number of carbonyl (C=O) groups is 1. The minimum atomic E-state index is -0.398. The zero-order valence-corrected chi connectivity index (χ0v) is 12.7. The number of amides is 1. The third-order valence-corrected chi connectivity index (χ3v) is 3.74. The van der Waals surface area contributed by atoms with Crippen LogP contribution in [0.5, 0.6) is 0 Å². The molecule has 0 aliphatic carbocycles. The SMILES string of the molecule is Cc1cnn(C(C)C(C)NCc2ccc(C(N)=O)cc2)c1. The number of aromatic nitrogens is 2. The third kappa shape index (κ3) is 3.92. The van der Waals surface area contributed by atoms with Crippen LogP contribution in [0.3, 0.4) is 0 Å². The number of benzene rings is 1. The summed E-state index contributed by atoms with van der Waals surface area (Å²) < 4.78 is 1.98. The first kappa shape index (κ1) is 15.3. The van der Waals surface area contributed by atoms with Gasteiger partial charge in [-0.1, -0.05) is 12.1 Å². The Bertz CT molecular complexity index is 603. The fourth-order valence-corrected chi connectivity index (χ4v) is 2.12. The number of nitrogens with one attached hydrogen (secondary N) is 1. The van der Waals surface area contributed by atoms with Crippen molar-refractivity contribution >= 4 is 5.91 Å². The molecule has 0 spiro atoms. The number of hydrogen-bond donors (Lipinski definition) is 2. The normalized spacial score (nSPS) is 13.9. The van der Waals surface area contributed by atoms with Gasteiger partial charge in [0.2, 0.25) is 5.91 Å². The van der Waals surface area contributed by atoms with E-state index in [0.717, 1.165) is 17.7 Å². The predicted molar refractivity (Wildman–Crippen MR) is 82.9 cm³/mol. The molecule has 1 heterocycles. The minimum Gasteiger partial charge on any atom is -0.366 e. The van der Waals surface area contributed by atoms with Crippen LogP contribution in [0, 0.1) is 6.92 Å². The average Bonchev–Trinajstić information content (AvgIpc) is 2.91. The highest BCUT2D eigenvalue weighted by Crippen LogP contribution is 2.12. The van der Waals surface area contributed by atoms with Crippen LogP contribution < -0.4 is 11.1 Å². The summed E-state index contributed by atoms with van der Waals surface area (Å²) >= 11 is 0. The zero-order chi connectivity index (χ0) is 15.4. The van der Waals surface area contributed by atoms with Gasteiger partial charge < -0.3 is 11.1 Å². The van der Waals surface area contributed by atoms with Crippen molar-refractivity contribution in [2.75, 3.05) is 0 Å². The second kappa shape index (κ2) is 6.54. The molecule has 0 saturated carbocycles. The van der Waals surface area contributed by atoms with E-state index >= 15 is 0 Å². The Morgan fingerprint density at radius 3 is 2.52 bits per heavy atom. The van der Waals surface area contributed by atoms with Crippen molar-refractivity contribution in [2.45, 2.75) is 39.4 Å². The molecule has 0 bridgehead atoms. The Kier molecular flexibility index (Phi) is 4.75. The van der Waals surface area contributed by atoms with Crippen molar-refractivity contribution in [3.8, 4) is 0 Å². The molecule has 2 rings (SSSR count). The molecule has 2 atom stereocenters. The van der Waals surface area contributed by atoms with Crippen LogP contribution in [0.1, 0.15) is 41.4 Å². The number of nitrogens with two attached hydrogens (primary N) is 1. The highest BCUT2D eigenvalue weighted by molar-refractivity contribution is 5.92. The maximum atomic E-state index is 11.0. The van der Waals surface area contributed by atoms with Crippen molar-refractivity contribution in [3.63, 3.8) is 0 Å². The average molecular weight is 286 g/mol. The second-order valence-electron chi connectivity index (χ2n) is 5.47. The van der Waals surface area contributed by atoms with E-state index in [-0.39, 0.29) is 12.1 Å². The molecule has 0 radical (unpaired) electrons. The first-order valence-electron chi connectivity index (χ1n) is 7.10. The van der Waals surface area contributed by atoms with Crippen molar-refractivity contribution in [1.82, 2.24) is 15.1 Å². The number of hydrogen-bond acceptors (Lipinski definition) is 3. The maximum Gasteiger partial charge on any atom is 0.248 e. The monoisotopic (exact) mass is 286 g/mol. The fraction of sp³-hybridized carbons (Fsp3) is 0.375. The molecule has 0 aliphatic heterocycles. The van der Waals surface area contributed by atoms with E-state index < -0.39 is 5.91 Å². The first-order valence-corrected chi connectivity index (χ1v) is 7.10. The topological polar surface area (TPSA) is 72.9 Å². The Hall–Kier alpha value is -2.14. The minimum absolute atomic E-state index is 0.267. The van der Waals surface area contributed by atoms with Gasteiger partial charge in [0.05, 0.1) is 12.2 Å². The van der Waals surface area contributed by atoms with Crippen LogP contribution >= 0.6 is 0 Å². The van der Waals surface area contributed by atoms with Crippen LogP contribution in [0.15, 0.2) is 36.7 Å². The van der Waals surface area contributed by atoms with Crippen LogP contribution in [0.2, 0.25) is 0 Å². The molecule has 1 aromatic carbocycles. The summed E-state index contributed by atoms with van der Waals surface area (Å²) in [6.07, 6.45) is 3.91. The van der Waals surface area contributed by atoms with E-state index in [9.17, 15) is 4.79 Å². The lowest BCUT2D eigenvalue weighted by atomic mass is 10.1. The van der Waals surface area contributed by atoms with Gasteiger partial charge in [-0.25, -0.2) is 0 Å². The van der Waals surface area contributed by atoms with Gasteiger partial charge in [0, 0.05) is 24.3 Å². The molecule has 5 nitrogen and oxygen atoms in total. The summed E-state index contributed by atoms with van der Waals surface area (Å²) in [5.41, 5.74) is 8.05. The van der Waals surface area contributed by atoms with Gasteiger partial charge in [-0.2, -0.15) is 5.10 Å². The maximum absolute atomic E-state index is 11.0. The summed E-state index contributed by atoms with van der Waals surface area (Å²) in [6.45, 7) is 7.05. The van der Waals surface area contributed by atoms with Crippen molar-refractivity contribution in [2.24, 2.45) is 5.73 Å². The van der Waals surface area contributed by atoms with Gasteiger partial charge in [0.25, 0.3) is 0 Å². The standard InChI is InChI=1S/C16H22N4O/c1-11-8-19-20(10-11)13(3)12(2)18-9-14-4-6-15(7-5-14)16(17)21/h4-8,10,12-13,18H,9H2,1-3H3,(H2,17,21). The van der Waals surface area contributed by atoms with Gasteiger partial charge in [0.1, 0.15) is 0 Å². The number of aryl methyl sites for hydroxylation is 1. The van der Waals surface area contributed by atoms with Gasteiger partial charge in [-0.3, -0.25) is 9.48 Å². The molecule has 3 N–H and O–H groups in total. The molecule has 0 saturated heterocycles. The molecule has 0 aliphatic rings. The number of rotatable bonds is 6. The second-order valence-corrected chi connectivity index (χ2v) is 5.47. The summed E-state index contributed by atoms with van der Waals surface area (Å²) in [5, 5.41) is 7.83. The predicted octanol–water partition coefficient (Wildman–Crippen LogP) is 2.03. The molecule has 1 aromatic heterocycles. The van der Waals surface area contributed by atoms with Crippen molar-refractivity contribution in [1.29, 1.82) is 0 Å². The van der Waals surface area contributed by atoms with Gasteiger partial charge in [-0.15, -0.1) is 0 Å². The van der Waals surface area contributed by atoms with Crippen molar-refractivity contribution in [3.05, 3.63) is 53.3 Å². The van der Waals surface area contributed by atoms with Crippen LogP contribution in [-0.2, 0) is 6.54 Å². The summed E-state index contributed by atoms with van der Waals surface area (Å²) in [4.78, 5) is 11.0. The van der Waals surface area contributed by atoms with E-state index in [1.54, 1.807) is 12.1 Å². The summed E-state index contributed by atoms with van der Waals surface area (Å²) in [6, 6.07) is 7.89. The number of nitrogens with zero attached hydrogens (tertiary/aromatic N) is 2. The van der Waals surface area contributed by atoms with E-state index in [2.05, 4.69) is 24.3 Å². The third-order valence-electron chi connectivity index (χ3n) is 3.74. The quantitative estimate of drug-likeness (QED) is 0.853. The lowest BCUT2D eigenvalue weighted by Crippen LogP contribution is -2.33. The summed E-state index contributed by atoms with van der Waals surface area (Å²) in [7, 11) is 0. The Balaban J connectivity index is 1.91. The summed E-state index contributed by atoms with van der Waals surface area (Å²) in [5.74, 6) is -0.398. The highest BCUT2D eigenvalue weighted by Gasteiger charge is 2.14. The molecule has 1 amide bonds. The Labute approximate surface area is 125 Å². The zero-order valence-electron chi connectivity index (χ0n) is 12.7. The van der Waals surface area contributed by atoms with E-state index in [0.29, 0.717) is 5.56 Å². The first-order chi connectivity index (χ1) is 9.97. The number of carbonyl (C=O) groups excluding carboxylic acids is 1. The van der Waals surface area contributed by atoms with Crippen LogP contribution in [0.4, 0.5) is 0 Å². The highest BCUT2D eigenvalue weighted by atomic mass is 16.1. The van der Waals surface area contributed by atoms with E-state index in [4.69, 9.17) is 5.73 Å². The fourth-order valence-electron chi connectivity index (χ4n) is 2.12. The van der Waals surface area contributed by atoms with Crippen molar-refractivity contribution < 1.29 is 4.79 Å². The van der Waals surface area contributed by atoms with Crippen LogP contribution in [-0.4, -0.2) is 21.7 Å². The van der Waals surface area contributed by atoms with Gasteiger partial charge >= 0.3 is 0 Å². The van der Waals surface area contributed by atoms with Crippen LogP contribution in [0.25, 0.3) is 0 Å². The lowest BCUT2D eigenvalue weighted by Gasteiger charge is -2.22. The Morgan fingerprint density at radius 1 is 1.33 bits per heavy atom. The lowest BCUT2D eigenvalue weighted by molar-refractivity contribution is 0.100. The molecule has 112 valence electrons.